The van der Waals surface area contributed by atoms with Crippen LogP contribution in [0.4, 0.5) is 0 Å². The molecular weight excluding hydrogens is 276 g/mol. The van der Waals surface area contributed by atoms with Crippen LogP contribution in [0.25, 0.3) is 0 Å². The van der Waals surface area contributed by atoms with Gasteiger partial charge in [-0.25, -0.2) is 0 Å². The Morgan fingerprint density at radius 2 is 2.23 bits per heavy atom. The van der Waals surface area contributed by atoms with Crippen LogP contribution in [0, 0.1) is 24.2 Å². The number of hydrogen-bond donors (Lipinski definition) is 1. The molecule has 3 aliphatic rings. The second kappa shape index (κ2) is 6.85. The first-order chi connectivity index (χ1) is 10.8. The van der Waals surface area contributed by atoms with Crippen LogP contribution in [0.5, 0.6) is 5.75 Å². The quantitative estimate of drug-likeness (QED) is 0.838. The molecule has 1 N–H and O–H groups in total. The largest absolute Gasteiger partial charge is 0.484 e. The van der Waals surface area contributed by atoms with Crippen LogP contribution >= 0.6 is 0 Å². The van der Waals surface area contributed by atoms with E-state index in [4.69, 9.17) is 11.2 Å². The number of carbonyl (C=O) groups excluding carboxylic acids is 1. The van der Waals surface area contributed by atoms with E-state index in [2.05, 4.69) is 16.1 Å². The number of nitrogens with one attached hydrogen (secondary N) is 1. The summed E-state index contributed by atoms with van der Waals surface area (Å²) in [4.78, 5) is 14.3. The third kappa shape index (κ3) is 3.42. The van der Waals surface area contributed by atoms with Crippen LogP contribution in [-0.4, -0.2) is 43.1 Å². The molecule has 3 saturated heterocycles. The van der Waals surface area contributed by atoms with E-state index in [1.165, 1.54) is 6.42 Å². The highest BCUT2D eigenvalue weighted by atomic mass is 16.5. The molecule has 22 heavy (non-hydrogen) atoms. The lowest BCUT2D eigenvalue weighted by Gasteiger charge is -2.48. The van der Waals surface area contributed by atoms with Crippen molar-refractivity contribution >= 4 is 5.91 Å². The molecular formula is C18H22N2O2. The smallest absolute Gasteiger partial charge is 0.257 e. The summed E-state index contributed by atoms with van der Waals surface area (Å²) in [5.41, 5.74) is 0. The molecule has 0 saturated carbocycles. The monoisotopic (exact) mass is 298 g/mol. The second-order valence-electron chi connectivity index (χ2n) is 6.11. The fourth-order valence-electron chi connectivity index (χ4n) is 3.49. The molecule has 3 fully saturated rings. The fourth-order valence-corrected chi connectivity index (χ4v) is 3.49. The highest BCUT2D eigenvalue weighted by Crippen LogP contribution is 2.35. The van der Waals surface area contributed by atoms with Gasteiger partial charge in [-0.3, -0.25) is 9.69 Å². The van der Waals surface area contributed by atoms with Crippen LogP contribution < -0.4 is 10.1 Å². The maximum absolute atomic E-state index is 11.9. The maximum atomic E-state index is 11.9. The molecule has 0 spiro atoms. The number of amides is 1. The van der Waals surface area contributed by atoms with Crippen molar-refractivity contribution in [3.8, 4) is 18.1 Å². The Kier molecular flexibility index (Phi) is 4.65. The molecule has 1 aromatic rings. The van der Waals surface area contributed by atoms with Gasteiger partial charge in [-0.1, -0.05) is 18.2 Å². The van der Waals surface area contributed by atoms with E-state index in [9.17, 15) is 4.79 Å². The number of piperidine rings is 3. The van der Waals surface area contributed by atoms with Gasteiger partial charge in [0.2, 0.25) is 0 Å². The van der Waals surface area contributed by atoms with E-state index >= 15 is 0 Å². The lowest BCUT2D eigenvalue weighted by molar-refractivity contribution is -0.123. The number of rotatable bonds is 5. The molecule has 4 rings (SSSR count). The van der Waals surface area contributed by atoms with Crippen molar-refractivity contribution in [3.05, 3.63) is 30.3 Å². The maximum Gasteiger partial charge on any atom is 0.257 e. The van der Waals surface area contributed by atoms with Gasteiger partial charge in [0.25, 0.3) is 5.91 Å². The van der Waals surface area contributed by atoms with Gasteiger partial charge in [-0.05, 0) is 37.4 Å². The summed E-state index contributed by atoms with van der Waals surface area (Å²) in [6.45, 7) is 2.82. The van der Waals surface area contributed by atoms with Gasteiger partial charge >= 0.3 is 0 Å². The van der Waals surface area contributed by atoms with Gasteiger partial charge in [0, 0.05) is 25.0 Å². The highest BCUT2D eigenvalue weighted by Gasteiger charge is 2.39. The Morgan fingerprint density at radius 3 is 2.91 bits per heavy atom. The Balaban J connectivity index is 1.42. The average Bonchev–Trinajstić information content (AvgIpc) is 2.59. The number of terminal acetylenes is 1. The van der Waals surface area contributed by atoms with Crippen LogP contribution in [-0.2, 0) is 4.79 Å². The normalized spacial score (nSPS) is 29.6. The Bertz CT molecular complexity index is 552. The van der Waals surface area contributed by atoms with Gasteiger partial charge in [0.05, 0.1) is 0 Å². The van der Waals surface area contributed by atoms with Crippen molar-refractivity contribution in [2.45, 2.75) is 18.9 Å². The van der Waals surface area contributed by atoms with Gasteiger partial charge in [-0.2, -0.15) is 0 Å². The van der Waals surface area contributed by atoms with Gasteiger partial charge in [0.15, 0.2) is 6.61 Å². The highest BCUT2D eigenvalue weighted by molar-refractivity contribution is 5.77. The molecule has 1 aromatic carbocycles. The molecule has 1 amide bonds. The molecule has 4 nitrogen and oxygen atoms in total. The lowest BCUT2D eigenvalue weighted by atomic mass is 9.76. The van der Waals surface area contributed by atoms with Crippen molar-refractivity contribution in [3.63, 3.8) is 0 Å². The summed E-state index contributed by atoms with van der Waals surface area (Å²) in [6, 6.07) is 9.81. The fraction of sp³-hybridized carbons (Fsp3) is 0.500. The average molecular weight is 298 g/mol. The summed E-state index contributed by atoms with van der Waals surface area (Å²) >= 11 is 0. The van der Waals surface area contributed by atoms with Crippen LogP contribution in [0.1, 0.15) is 12.8 Å². The summed E-state index contributed by atoms with van der Waals surface area (Å²) in [5, 5.41) is 2.98. The van der Waals surface area contributed by atoms with E-state index in [1.54, 1.807) is 0 Å². The standard InChI is InChI=1S/C18H22N2O2/c1-2-14-12-20-9-8-15(14)10-16(20)11-19-18(21)13-22-17-6-4-3-5-7-17/h1,3-7,14-16H,8-13H2,(H,19,21)/t14-,15-,16+/m0/s1. The predicted molar refractivity (Wildman–Crippen MR) is 85.4 cm³/mol. The first kappa shape index (κ1) is 14.9. The Morgan fingerprint density at radius 1 is 1.41 bits per heavy atom. The van der Waals surface area contributed by atoms with Crippen molar-refractivity contribution in [2.75, 3.05) is 26.2 Å². The minimum atomic E-state index is -0.0694. The lowest BCUT2D eigenvalue weighted by Crippen LogP contribution is -2.56. The molecule has 0 aromatic heterocycles. The summed E-state index contributed by atoms with van der Waals surface area (Å²) in [7, 11) is 0. The van der Waals surface area contributed by atoms with Gasteiger partial charge in [0.1, 0.15) is 5.75 Å². The number of benzene rings is 1. The van der Waals surface area contributed by atoms with Crippen molar-refractivity contribution in [2.24, 2.45) is 11.8 Å². The molecule has 3 heterocycles. The van der Waals surface area contributed by atoms with Crippen LogP contribution in [0.15, 0.2) is 30.3 Å². The van der Waals surface area contributed by atoms with Crippen LogP contribution in [0.3, 0.4) is 0 Å². The van der Waals surface area contributed by atoms with Crippen molar-refractivity contribution in [1.29, 1.82) is 0 Å². The van der Waals surface area contributed by atoms with E-state index in [0.29, 0.717) is 24.4 Å². The SMILES string of the molecule is C#C[C@H]1CN2CC[C@H]1C[C@@H]2CNC(=O)COc1ccccc1. The molecule has 4 heteroatoms. The molecule has 3 aliphatic heterocycles. The third-order valence-electron chi connectivity index (χ3n) is 4.74. The first-order valence-corrected chi connectivity index (χ1v) is 7.91. The summed E-state index contributed by atoms with van der Waals surface area (Å²) in [6.07, 6.45) is 7.87. The molecule has 0 aliphatic carbocycles. The van der Waals surface area contributed by atoms with Gasteiger partial charge in [-0.15, -0.1) is 12.3 Å². The zero-order valence-electron chi connectivity index (χ0n) is 12.7. The summed E-state index contributed by atoms with van der Waals surface area (Å²) < 4.78 is 5.45. The molecule has 4 atom stereocenters. The number of carbonyl (C=O) groups is 1. The number of para-hydroxylation sites is 1. The molecule has 0 radical (unpaired) electrons. The second-order valence-corrected chi connectivity index (χ2v) is 6.11. The predicted octanol–water partition coefficient (Wildman–Crippen LogP) is 1.53. The number of ether oxygens (including phenoxy) is 1. The van der Waals surface area contributed by atoms with Crippen molar-refractivity contribution < 1.29 is 9.53 Å². The van der Waals surface area contributed by atoms with E-state index in [0.717, 1.165) is 25.3 Å². The summed E-state index contributed by atoms with van der Waals surface area (Å²) in [5.74, 6) is 4.57. The third-order valence-corrected chi connectivity index (χ3v) is 4.74. The minimum Gasteiger partial charge on any atom is -0.484 e. The van der Waals surface area contributed by atoms with Crippen LogP contribution in [0.2, 0.25) is 0 Å². The Labute approximate surface area is 131 Å². The van der Waals surface area contributed by atoms with Gasteiger partial charge < -0.3 is 10.1 Å². The molecule has 116 valence electrons. The molecule has 2 bridgehead atoms. The first-order valence-electron chi connectivity index (χ1n) is 7.91. The molecule has 1 unspecified atom stereocenters. The minimum absolute atomic E-state index is 0.0626. The Hall–Kier alpha value is -1.99. The number of nitrogens with zero attached hydrogens (tertiary/aromatic N) is 1. The zero-order chi connectivity index (χ0) is 15.4. The van der Waals surface area contributed by atoms with Crippen molar-refractivity contribution in [1.82, 2.24) is 10.2 Å². The van der Waals surface area contributed by atoms with E-state index in [-0.39, 0.29) is 12.5 Å². The van der Waals surface area contributed by atoms with E-state index in [1.807, 2.05) is 30.3 Å². The number of fused-ring (bicyclic) bond motifs is 3. The topological polar surface area (TPSA) is 41.6 Å². The van der Waals surface area contributed by atoms with E-state index < -0.39 is 0 Å². The number of hydrogen-bond acceptors (Lipinski definition) is 3. The zero-order valence-corrected chi connectivity index (χ0v) is 12.7.